The Morgan fingerprint density at radius 1 is 1.26 bits per heavy atom. The van der Waals surface area contributed by atoms with Crippen molar-refractivity contribution in [1.29, 1.82) is 0 Å². The molecular weight excluding hydrogens is 453 g/mol. The van der Waals surface area contributed by atoms with Gasteiger partial charge in [0.05, 0.1) is 0 Å². The first-order valence-corrected chi connectivity index (χ1v) is 12.1. The number of likely N-dealkylation sites (tertiary alicyclic amines) is 1. The van der Waals surface area contributed by atoms with Gasteiger partial charge >= 0.3 is 0 Å². The molecule has 3 aliphatic rings. The minimum Gasteiger partial charge on any atom is -0.373 e. The Morgan fingerprint density at radius 2 is 1.93 bits per heavy atom. The first-order chi connectivity index (χ1) is 13.1. The highest BCUT2D eigenvalue weighted by Gasteiger charge is 2.54. The van der Waals surface area contributed by atoms with Crippen molar-refractivity contribution in [2.45, 2.75) is 50.7 Å². The number of rotatable bonds is 4. The van der Waals surface area contributed by atoms with Crippen molar-refractivity contribution in [3.05, 3.63) is 29.6 Å². The van der Waals surface area contributed by atoms with Crippen LogP contribution >= 0.6 is 22.6 Å². The Bertz CT molecular complexity index is 655. The molecule has 27 heavy (non-hydrogen) atoms. The third-order valence-corrected chi connectivity index (χ3v) is 7.07. The van der Waals surface area contributed by atoms with Gasteiger partial charge in [-0.25, -0.2) is 0 Å². The number of fused-ring (bicyclic) bond motifs is 2. The van der Waals surface area contributed by atoms with Gasteiger partial charge in [0, 0.05) is 44.3 Å². The van der Waals surface area contributed by atoms with Crippen molar-refractivity contribution in [3.63, 3.8) is 0 Å². The molecule has 1 aromatic rings. The Morgan fingerprint density at radius 3 is 2.41 bits per heavy atom. The fourth-order valence-electron chi connectivity index (χ4n) is 5.66. The van der Waals surface area contributed by atoms with Gasteiger partial charge in [-0.3, -0.25) is 14.7 Å². The Kier molecular flexibility index (Phi) is 6.79. The molecule has 6 heteroatoms. The van der Waals surface area contributed by atoms with E-state index in [1.165, 1.54) is 32.1 Å². The summed E-state index contributed by atoms with van der Waals surface area (Å²) in [6, 6.07) is 4.62. The average Bonchev–Trinajstić information content (AvgIpc) is 2.67. The van der Waals surface area contributed by atoms with Crippen LogP contribution in [0.2, 0.25) is 0 Å². The van der Waals surface area contributed by atoms with Crippen LogP contribution in [0.15, 0.2) is 18.3 Å². The van der Waals surface area contributed by atoms with Crippen LogP contribution in [0.5, 0.6) is 0 Å². The normalized spacial score (nSPS) is 35.6. The maximum Gasteiger partial charge on any atom is 0.267 e. The van der Waals surface area contributed by atoms with Crippen molar-refractivity contribution in [2.75, 3.05) is 25.1 Å². The molecule has 4 rings (SSSR count). The molecular formula is C21H32IN3O2. The summed E-state index contributed by atoms with van der Waals surface area (Å²) in [5.41, 5.74) is 6.57. The van der Waals surface area contributed by atoms with Gasteiger partial charge in [0.1, 0.15) is 11.3 Å². The van der Waals surface area contributed by atoms with E-state index in [1.807, 2.05) is 24.2 Å². The summed E-state index contributed by atoms with van der Waals surface area (Å²) in [6.07, 6.45) is 8.01. The summed E-state index contributed by atoms with van der Waals surface area (Å²) in [4.78, 5) is 20.4. The number of alkyl halides is 1. The molecule has 1 saturated heterocycles. The quantitative estimate of drug-likeness (QED) is 0.523. The van der Waals surface area contributed by atoms with E-state index in [-0.39, 0.29) is 5.60 Å². The van der Waals surface area contributed by atoms with Crippen LogP contribution < -0.4 is 5.73 Å². The minimum atomic E-state index is -0.473. The fraction of sp³-hybridized carbons (Fsp3) is 0.714. The van der Waals surface area contributed by atoms with Crippen LogP contribution in [0.3, 0.4) is 0 Å². The molecule has 2 saturated carbocycles. The second-order valence-electron chi connectivity index (χ2n) is 8.19. The molecule has 1 amide bonds. The van der Waals surface area contributed by atoms with E-state index in [0.717, 1.165) is 30.6 Å². The van der Waals surface area contributed by atoms with E-state index >= 15 is 0 Å². The van der Waals surface area contributed by atoms with Gasteiger partial charge in [-0.05, 0) is 54.2 Å². The largest absolute Gasteiger partial charge is 0.373 e. The molecule has 3 fully saturated rings. The molecule has 2 unspecified atom stereocenters. The van der Waals surface area contributed by atoms with Crippen LogP contribution in [0.25, 0.3) is 0 Å². The number of carbonyl (C=O) groups is 1. The van der Waals surface area contributed by atoms with E-state index in [9.17, 15) is 4.79 Å². The molecule has 0 aromatic carbocycles. The Labute approximate surface area is 176 Å². The number of hydrogen-bond acceptors (Lipinski definition) is 4. The predicted octanol–water partition coefficient (Wildman–Crippen LogP) is 3.60. The number of primary amides is 1. The second kappa shape index (κ2) is 8.74. The first-order valence-electron chi connectivity index (χ1n) is 9.99. The molecule has 2 N–H and O–H groups in total. The Balaban J connectivity index is 0.00000102. The molecule has 150 valence electrons. The minimum absolute atomic E-state index is 0.311. The van der Waals surface area contributed by atoms with Crippen molar-refractivity contribution < 1.29 is 9.53 Å². The number of carbonyl (C=O) groups excluding carboxylic acids is 1. The topological polar surface area (TPSA) is 68.5 Å². The van der Waals surface area contributed by atoms with Gasteiger partial charge in [0.15, 0.2) is 0 Å². The predicted molar refractivity (Wildman–Crippen MR) is 116 cm³/mol. The highest BCUT2D eigenvalue weighted by Crippen LogP contribution is 2.52. The number of nitrogens with zero attached hydrogens (tertiary/aromatic N) is 2. The van der Waals surface area contributed by atoms with Crippen molar-refractivity contribution in [3.8, 4) is 0 Å². The standard InChI is InChI=1S/C20H29N3O2.CH3I/c1-13-6-7-18(13)23-11-15-4-3-5-16(12-23)20(15,25-2)14-8-9-22-17(10-14)19(21)24;1-2/h8-10,13,15-16,18H,3-7,11-12H2,1-2H3,(H2,21,24);1H3/t13-,15?,16?,18+,20?;/m1./s1. The smallest absolute Gasteiger partial charge is 0.267 e. The van der Waals surface area contributed by atoms with Crippen LogP contribution in [-0.2, 0) is 10.3 Å². The SMILES string of the molecule is CI.COC1(c2ccnc(C(N)=O)c2)C2CCCC1CN([C@H]1CC[C@H]1C)C2. The lowest BCUT2D eigenvalue weighted by Gasteiger charge is -2.58. The van der Waals surface area contributed by atoms with Gasteiger partial charge in [-0.1, -0.05) is 35.9 Å². The second-order valence-corrected chi connectivity index (χ2v) is 8.19. The molecule has 1 aromatic heterocycles. The number of methoxy groups -OCH3 is 1. The van der Waals surface area contributed by atoms with E-state index in [1.54, 1.807) is 6.20 Å². The zero-order valence-corrected chi connectivity index (χ0v) is 18.8. The maximum atomic E-state index is 11.6. The van der Waals surface area contributed by atoms with Crippen molar-refractivity contribution >= 4 is 28.5 Å². The highest BCUT2D eigenvalue weighted by molar-refractivity contribution is 14.1. The highest BCUT2D eigenvalue weighted by atomic mass is 127. The number of halogens is 1. The van der Waals surface area contributed by atoms with Gasteiger partial charge in [0.25, 0.3) is 5.91 Å². The average molecular weight is 485 g/mol. The number of aromatic nitrogens is 1. The number of amides is 1. The number of ether oxygens (including phenoxy) is 1. The number of piperidine rings is 1. The summed E-state index contributed by atoms with van der Waals surface area (Å²) in [6.45, 7) is 4.56. The van der Waals surface area contributed by atoms with Gasteiger partial charge in [-0.2, -0.15) is 0 Å². The van der Waals surface area contributed by atoms with E-state index in [2.05, 4.69) is 39.4 Å². The lowest BCUT2D eigenvalue weighted by molar-refractivity contribution is -0.181. The summed E-state index contributed by atoms with van der Waals surface area (Å²) in [5, 5.41) is 0. The third kappa shape index (κ3) is 3.65. The number of nitrogens with two attached hydrogens (primary N) is 1. The molecule has 5 nitrogen and oxygen atoms in total. The lowest BCUT2D eigenvalue weighted by atomic mass is 9.61. The van der Waals surface area contributed by atoms with E-state index in [4.69, 9.17) is 10.5 Å². The van der Waals surface area contributed by atoms with Crippen molar-refractivity contribution in [1.82, 2.24) is 9.88 Å². The van der Waals surface area contributed by atoms with Gasteiger partial charge < -0.3 is 10.5 Å². The first kappa shape index (κ1) is 21.0. The third-order valence-electron chi connectivity index (χ3n) is 7.07. The summed E-state index contributed by atoms with van der Waals surface area (Å²) in [5.74, 6) is 1.26. The number of pyridine rings is 1. The lowest BCUT2D eigenvalue weighted by Crippen LogP contribution is -2.62. The summed E-state index contributed by atoms with van der Waals surface area (Å²) in [7, 11) is 1.83. The molecule has 1 aliphatic heterocycles. The molecule has 0 spiro atoms. The van der Waals surface area contributed by atoms with Crippen LogP contribution in [-0.4, -0.2) is 47.0 Å². The molecule has 4 atom stereocenters. The van der Waals surface area contributed by atoms with Crippen LogP contribution in [0.1, 0.15) is 55.1 Å². The van der Waals surface area contributed by atoms with Gasteiger partial charge in [-0.15, -0.1) is 0 Å². The molecule has 2 heterocycles. The van der Waals surface area contributed by atoms with E-state index in [0.29, 0.717) is 17.5 Å². The molecule has 0 radical (unpaired) electrons. The summed E-state index contributed by atoms with van der Waals surface area (Å²) >= 11 is 2.15. The maximum absolute atomic E-state index is 11.6. The monoisotopic (exact) mass is 485 g/mol. The number of hydrogen-bond donors (Lipinski definition) is 1. The summed E-state index contributed by atoms with van der Waals surface area (Å²) < 4.78 is 6.27. The van der Waals surface area contributed by atoms with Crippen LogP contribution in [0.4, 0.5) is 0 Å². The zero-order valence-electron chi connectivity index (χ0n) is 16.7. The van der Waals surface area contributed by atoms with E-state index < -0.39 is 5.91 Å². The van der Waals surface area contributed by atoms with Crippen LogP contribution in [0, 0.1) is 17.8 Å². The molecule has 2 aliphatic carbocycles. The zero-order chi connectivity index (χ0) is 19.6. The Hall–Kier alpha value is -0.730. The fourth-order valence-corrected chi connectivity index (χ4v) is 5.66. The van der Waals surface area contributed by atoms with Gasteiger partial charge in [0.2, 0.25) is 0 Å². The van der Waals surface area contributed by atoms with Crippen molar-refractivity contribution in [2.24, 2.45) is 23.5 Å². The molecule has 2 bridgehead atoms.